The molecule has 18 aromatic heterocycles. The second-order valence-electron chi connectivity index (χ2n) is 20.6. The average molecular weight is 1600 g/mol. The second-order valence-corrected chi connectivity index (χ2v) is 21.7. The molecule has 0 aliphatic carbocycles. The topological polar surface area (TPSA) is 548 Å². The number of anilines is 6. The standard InChI is InChI=1S/C11H8N8.C10H8BrN7.C10H8ClN7.3C10H9N7.6CH4/c12-7-8-9(13)16-11(19-6-2-4-15-19)17-10(8)18-5-1-3-14-18;2*11-7-8(12)15-10(18-6-2-4-14-18)16-9(7)17-5-1-3-13-17;3*11-8-7-9(16-5-1-3-12-16)15-10(14-8)17-6-2-4-13-17;;;;;;/h1-6H,(H2,13,16,17);2*1-6H,(H2,12,15,16);3*1-7H,(H2,11,14,15);6*1H4. The van der Waals surface area contributed by atoms with Crippen LogP contribution in [-0.2, 0) is 0 Å². The van der Waals surface area contributed by atoms with Gasteiger partial charge in [0.05, 0.1) is 0 Å². The highest BCUT2D eigenvalue weighted by molar-refractivity contribution is 9.10. The highest BCUT2D eigenvalue weighted by Gasteiger charge is 2.18. The molecule has 0 spiro atoms. The van der Waals surface area contributed by atoms with Crippen LogP contribution in [0.15, 0.2) is 244 Å². The lowest BCUT2D eigenvalue weighted by Gasteiger charge is -2.08. The molecule has 0 amide bonds. The third kappa shape index (κ3) is 20.0. The zero-order chi connectivity index (χ0) is 73.3. The fourth-order valence-electron chi connectivity index (χ4n) is 8.91. The molecule has 0 unspecified atom stereocenters. The lowest BCUT2D eigenvalue weighted by Crippen LogP contribution is -2.12. The van der Waals surface area contributed by atoms with Crippen molar-refractivity contribution in [3.05, 3.63) is 255 Å². The molecule has 18 heterocycles. The van der Waals surface area contributed by atoms with E-state index in [-0.39, 0.29) is 72.7 Å². The summed E-state index contributed by atoms with van der Waals surface area (Å²) >= 11 is 9.44. The van der Waals surface area contributed by atoms with Crippen LogP contribution in [0.25, 0.3) is 70.6 Å². The fourth-order valence-corrected chi connectivity index (χ4v) is 9.45. The third-order valence-corrected chi connectivity index (χ3v) is 14.6. The molecular weight excluding hydrogens is 1520 g/mol. The van der Waals surface area contributed by atoms with Crippen LogP contribution in [0.1, 0.15) is 50.1 Å². The van der Waals surface area contributed by atoms with Crippen LogP contribution in [-0.4, -0.2) is 177 Å². The van der Waals surface area contributed by atoms with Crippen molar-refractivity contribution < 1.29 is 0 Å². The Balaban J connectivity index is 0.000000185. The van der Waals surface area contributed by atoms with Crippen molar-refractivity contribution >= 4 is 62.4 Å². The van der Waals surface area contributed by atoms with E-state index in [1.165, 1.54) is 23.4 Å². The highest BCUT2D eigenvalue weighted by Crippen LogP contribution is 2.26. The van der Waals surface area contributed by atoms with Gasteiger partial charge in [-0.2, -0.15) is 126 Å². The molecule has 0 radical (unpaired) electrons. The molecule has 0 saturated carbocycles. The van der Waals surface area contributed by atoms with Crippen molar-refractivity contribution in [3.8, 4) is 76.7 Å². The SMILES string of the molecule is C.C.C.C.C.C.N#Cc1c(N)nc(-n2cccn2)nc1-n1cccn1.Nc1cc(-n2cccn2)nc(-n2cccn2)n1.Nc1cc(-n2cccn2)nc(-n2cccn2)n1.Nc1cc(-n2cccn2)nc(-n2cccn2)n1.Nc1nc(-n2cccn2)nc(-n2cccn2)c1Br.Nc1nc(-n2cccn2)nc(-n2cccn2)c1Cl. The van der Waals surface area contributed by atoms with Gasteiger partial charge in [0.1, 0.15) is 56.0 Å². The van der Waals surface area contributed by atoms with E-state index in [1.54, 1.807) is 254 Å². The zero-order valence-electron chi connectivity index (χ0n) is 54.3. The molecule has 0 aliphatic rings. The van der Waals surface area contributed by atoms with Gasteiger partial charge in [0.25, 0.3) is 35.7 Å². The Morgan fingerprint density at radius 3 is 0.768 bits per heavy atom. The molecule has 43 nitrogen and oxygen atoms in total. The smallest absolute Gasteiger partial charge is 0.254 e. The van der Waals surface area contributed by atoms with E-state index < -0.39 is 0 Å². The minimum atomic E-state index is 0. The van der Waals surface area contributed by atoms with Crippen LogP contribution in [0, 0.1) is 11.3 Å². The number of nitrogen functional groups attached to an aromatic ring is 6. The fraction of sp³-hybridized carbons (Fsp3) is 0.0896. The lowest BCUT2D eigenvalue weighted by atomic mass is 10.3. The van der Waals surface area contributed by atoms with Gasteiger partial charge in [0.15, 0.2) is 34.9 Å². The van der Waals surface area contributed by atoms with Gasteiger partial charge in [-0.05, 0) is 88.7 Å². The van der Waals surface area contributed by atoms with Crippen molar-refractivity contribution in [2.75, 3.05) is 34.4 Å². The van der Waals surface area contributed by atoms with Crippen LogP contribution in [0.2, 0.25) is 5.02 Å². The highest BCUT2D eigenvalue weighted by atomic mass is 79.9. The van der Waals surface area contributed by atoms with Gasteiger partial charge in [-0.3, -0.25) is 0 Å². The maximum Gasteiger partial charge on any atom is 0.254 e. The lowest BCUT2D eigenvalue weighted by molar-refractivity contribution is 0.773. The predicted molar refractivity (Wildman–Crippen MR) is 422 cm³/mol. The van der Waals surface area contributed by atoms with E-state index >= 15 is 0 Å². The quantitative estimate of drug-likeness (QED) is 0.0682. The molecular formula is C67H75BrClN43. The molecule has 0 aromatic carbocycles. The van der Waals surface area contributed by atoms with Gasteiger partial charge in [0, 0.05) is 167 Å². The molecule has 0 atom stereocenters. The molecule has 112 heavy (non-hydrogen) atoms. The summed E-state index contributed by atoms with van der Waals surface area (Å²) in [7, 11) is 0. The molecule has 0 fully saturated rings. The maximum atomic E-state index is 9.15. The third-order valence-electron chi connectivity index (χ3n) is 13.5. The summed E-state index contributed by atoms with van der Waals surface area (Å²) in [5, 5.41) is 58.2. The number of rotatable bonds is 12. The summed E-state index contributed by atoms with van der Waals surface area (Å²) in [5.41, 5.74) is 34.8. The average Bonchev–Trinajstić information content (AvgIpc) is 1.54. The largest absolute Gasteiger partial charge is 0.383 e. The van der Waals surface area contributed by atoms with Crippen molar-refractivity contribution in [2.45, 2.75) is 44.6 Å². The van der Waals surface area contributed by atoms with Gasteiger partial charge in [-0.25, -0.2) is 56.2 Å². The van der Waals surface area contributed by atoms with E-state index in [4.69, 9.17) is 51.3 Å². The van der Waals surface area contributed by atoms with E-state index in [9.17, 15) is 0 Å². The summed E-state index contributed by atoms with van der Waals surface area (Å²) in [4.78, 5) is 50.6. The Morgan fingerprint density at radius 1 is 0.268 bits per heavy atom. The minimum absolute atomic E-state index is 0. The van der Waals surface area contributed by atoms with Gasteiger partial charge >= 0.3 is 0 Å². The monoisotopic (exact) mass is 1600 g/mol. The summed E-state index contributed by atoms with van der Waals surface area (Å²) in [5.74, 6) is 7.12. The van der Waals surface area contributed by atoms with Crippen molar-refractivity contribution in [2.24, 2.45) is 0 Å². The number of nitrogens with zero attached hydrogens (tertiary/aromatic N) is 37. The van der Waals surface area contributed by atoms with Crippen molar-refractivity contribution in [1.82, 2.24) is 177 Å². The molecule has 0 aliphatic heterocycles. The van der Waals surface area contributed by atoms with E-state index in [1.807, 2.05) is 24.3 Å². The first kappa shape index (κ1) is 83.3. The first-order valence-electron chi connectivity index (χ1n) is 30.5. The molecule has 18 aromatic rings. The molecule has 0 saturated heterocycles. The zero-order valence-corrected chi connectivity index (χ0v) is 56.6. The van der Waals surface area contributed by atoms with Crippen molar-refractivity contribution in [1.29, 1.82) is 5.26 Å². The normalized spacial score (nSPS) is 10.0. The van der Waals surface area contributed by atoms with Crippen LogP contribution >= 0.6 is 27.5 Å². The number of halogens is 2. The molecule has 12 N–H and O–H groups in total. The van der Waals surface area contributed by atoms with Gasteiger partial charge in [-0.15, -0.1) is 0 Å². The first-order chi connectivity index (χ1) is 51.8. The minimum Gasteiger partial charge on any atom is -0.383 e. The second kappa shape index (κ2) is 38.9. The molecule has 18 rings (SSSR count). The number of nitriles is 1. The Labute approximate surface area is 652 Å². The van der Waals surface area contributed by atoms with Gasteiger partial charge < -0.3 is 34.4 Å². The van der Waals surface area contributed by atoms with Crippen molar-refractivity contribution in [3.63, 3.8) is 0 Å². The Kier molecular flexibility index (Phi) is 28.9. The number of hydrogen-bond donors (Lipinski definition) is 6. The summed E-state index contributed by atoms with van der Waals surface area (Å²) < 4.78 is 19.2. The molecule has 45 heteroatoms. The van der Waals surface area contributed by atoms with Gasteiger partial charge in [0.2, 0.25) is 0 Å². The Bertz CT molecular complexity index is 5200. The first-order valence-corrected chi connectivity index (χ1v) is 31.6. The summed E-state index contributed by atoms with van der Waals surface area (Å²) in [6.45, 7) is 0. The molecule has 572 valence electrons. The van der Waals surface area contributed by atoms with E-state index in [0.717, 1.165) is 0 Å². The van der Waals surface area contributed by atoms with Crippen LogP contribution < -0.4 is 34.4 Å². The van der Waals surface area contributed by atoms with E-state index in [0.29, 0.717) is 92.4 Å². The Hall–Kier alpha value is -15.9. The van der Waals surface area contributed by atoms with E-state index in [2.05, 4.69) is 137 Å². The van der Waals surface area contributed by atoms with Crippen LogP contribution in [0.5, 0.6) is 0 Å². The summed E-state index contributed by atoms with van der Waals surface area (Å²) in [6, 6.07) is 28.3. The van der Waals surface area contributed by atoms with Gasteiger partial charge in [-0.1, -0.05) is 56.2 Å². The van der Waals surface area contributed by atoms with Crippen LogP contribution in [0.4, 0.5) is 34.9 Å². The number of nitrogens with two attached hydrogens (primary N) is 6. The Morgan fingerprint density at radius 2 is 0.491 bits per heavy atom. The number of hydrogen-bond acceptors (Lipinski definition) is 31. The number of aromatic nitrogens is 36. The van der Waals surface area contributed by atoms with Crippen LogP contribution in [0.3, 0.4) is 0 Å². The predicted octanol–water partition coefficient (Wildman–Crippen LogP) is 7.69. The maximum absolute atomic E-state index is 9.15. The molecule has 0 bridgehead atoms. The summed E-state index contributed by atoms with van der Waals surface area (Å²) in [6.07, 6.45) is 40.7.